The third-order valence-corrected chi connectivity index (χ3v) is 5.59. The zero-order valence-corrected chi connectivity index (χ0v) is 13.9. The Morgan fingerprint density at radius 2 is 1.29 bits per heavy atom. The van der Waals surface area contributed by atoms with E-state index in [0.717, 1.165) is 26.2 Å². The standard InChI is InChI=1S/C18H36N2O/c21-17-18(20-15-10-13-19-14-16-20)11-8-6-4-2-1-3-5-7-9-12-18/h19,21H,1-17H2. The maximum absolute atomic E-state index is 10.2. The Morgan fingerprint density at radius 3 is 1.86 bits per heavy atom. The Kier molecular flexibility index (Phi) is 8.05. The molecule has 21 heavy (non-hydrogen) atoms. The van der Waals surface area contributed by atoms with Gasteiger partial charge >= 0.3 is 0 Å². The Hall–Kier alpha value is -0.120. The molecule has 0 radical (unpaired) electrons. The molecule has 1 aliphatic heterocycles. The monoisotopic (exact) mass is 296 g/mol. The van der Waals surface area contributed by atoms with Gasteiger partial charge in [-0.1, -0.05) is 57.8 Å². The molecule has 124 valence electrons. The van der Waals surface area contributed by atoms with Gasteiger partial charge in [0.25, 0.3) is 0 Å². The first-order chi connectivity index (χ1) is 10.4. The minimum atomic E-state index is 0.0746. The molecule has 0 aromatic carbocycles. The maximum Gasteiger partial charge on any atom is 0.0615 e. The molecular formula is C18H36N2O. The molecule has 0 bridgehead atoms. The number of aliphatic hydroxyl groups excluding tert-OH is 1. The number of aliphatic hydroxyl groups is 1. The topological polar surface area (TPSA) is 35.5 Å². The van der Waals surface area contributed by atoms with Gasteiger partial charge in [-0.2, -0.15) is 0 Å². The fourth-order valence-corrected chi connectivity index (χ4v) is 4.16. The van der Waals surface area contributed by atoms with Crippen LogP contribution in [0.1, 0.15) is 77.0 Å². The first-order valence-electron chi connectivity index (χ1n) is 9.44. The lowest BCUT2D eigenvalue weighted by Crippen LogP contribution is -2.53. The summed E-state index contributed by atoms with van der Waals surface area (Å²) in [6.07, 6.45) is 16.0. The Labute approximate surface area is 131 Å². The molecule has 0 atom stereocenters. The van der Waals surface area contributed by atoms with Crippen LogP contribution in [-0.4, -0.2) is 48.3 Å². The molecule has 2 fully saturated rings. The largest absolute Gasteiger partial charge is 0.394 e. The van der Waals surface area contributed by atoms with Gasteiger partial charge in [0, 0.05) is 25.2 Å². The summed E-state index contributed by atoms with van der Waals surface area (Å²) in [4.78, 5) is 2.62. The predicted molar refractivity (Wildman–Crippen MR) is 89.7 cm³/mol. The average Bonchev–Trinajstić information content (AvgIpc) is 2.78. The maximum atomic E-state index is 10.2. The quantitative estimate of drug-likeness (QED) is 0.820. The van der Waals surface area contributed by atoms with Crippen molar-refractivity contribution < 1.29 is 5.11 Å². The fourth-order valence-electron chi connectivity index (χ4n) is 4.16. The zero-order valence-electron chi connectivity index (χ0n) is 13.9. The summed E-state index contributed by atoms with van der Waals surface area (Å²) in [7, 11) is 0. The van der Waals surface area contributed by atoms with Gasteiger partial charge in [0.15, 0.2) is 0 Å². The van der Waals surface area contributed by atoms with Crippen molar-refractivity contribution >= 4 is 0 Å². The molecule has 0 spiro atoms. The van der Waals surface area contributed by atoms with Crippen molar-refractivity contribution in [2.45, 2.75) is 82.6 Å². The molecule has 0 unspecified atom stereocenters. The van der Waals surface area contributed by atoms with E-state index < -0.39 is 0 Å². The van der Waals surface area contributed by atoms with Crippen molar-refractivity contribution in [3.05, 3.63) is 0 Å². The molecule has 3 heteroatoms. The summed E-state index contributed by atoms with van der Waals surface area (Å²) in [5.74, 6) is 0. The van der Waals surface area contributed by atoms with Crippen LogP contribution < -0.4 is 5.32 Å². The molecule has 2 aliphatic rings. The number of nitrogens with zero attached hydrogens (tertiary/aromatic N) is 1. The van der Waals surface area contributed by atoms with Crippen LogP contribution in [0.5, 0.6) is 0 Å². The highest BCUT2D eigenvalue weighted by Gasteiger charge is 2.35. The van der Waals surface area contributed by atoms with E-state index in [1.807, 2.05) is 0 Å². The van der Waals surface area contributed by atoms with Crippen molar-refractivity contribution in [2.75, 3.05) is 32.8 Å². The van der Waals surface area contributed by atoms with Crippen molar-refractivity contribution in [1.82, 2.24) is 10.2 Å². The summed E-state index contributed by atoms with van der Waals surface area (Å²) in [5.41, 5.74) is 0.0746. The van der Waals surface area contributed by atoms with Gasteiger partial charge in [0.2, 0.25) is 0 Å². The highest BCUT2D eigenvalue weighted by molar-refractivity contribution is 4.91. The molecule has 1 heterocycles. The molecular weight excluding hydrogens is 260 g/mol. The van der Waals surface area contributed by atoms with Gasteiger partial charge in [0.1, 0.15) is 0 Å². The van der Waals surface area contributed by atoms with E-state index in [0.29, 0.717) is 6.61 Å². The van der Waals surface area contributed by atoms with Gasteiger partial charge < -0.3 is 10.4 Å². The lowest BCUT2D eigenvalue weighted by Gasteiger charge is -2.43. The Bertz CT molecular complexity index is 250. The van der Waals surface area contributed by atoms with Crippen LogP contribution in [-0.2, 0) is 0 Å². The fraction of sp³-hybridized carbons (Fsp3) is 1.00. The summed E-state index contributed by atoms with van der Waals surface area (Å²) in [5, 5.41) is 13.7. The van der Waals surface area contributed by atoms with E-state index in [2.05, 4.69) is 10.2 Å². The van der Waals surface area contributed by atoms with Crippen molar-refractivity contribution in [1.29, 1.82) is 0 Å². The average molecular weight is 296 g/mol. The smallest absolute Gasteiger partial charge is 0.0615 e. The van der Waals surface area contributed by atoms with Crippen molar-refractivity contribution in [2.24, 2.45) is 0 Å². The Balaban J connectivity index is 1.98. The highest BCUT2D eigenvalue weighted by atomic mass is 16.3. The van der Waals surface area contributed by atoms with Gasteiger partial charge in [-0.25, -0.2) is 0 Å². The molecule has 0 aromatic heterocycles. The van der Waals surface area contributed by atoms with Crippen LogP contribution in [0.25, 0.3) is 0 Å². The second-order valence-corrected chi connectivity index (χ2v) is 7.16. The molecule has 1 saturated heterocycles. The van der Waals surface area contributed by atoms with E-state index in [1.165, 1.54) is 77.0 Å². The van der Waals surface area contributed by atoms with Gasteiger partial charge in [0.05, 0.1) is 6.61 Å². The molecule has 2 rings (SSSR count). The van der Waals surface area contributed by atoms with Gasteiger partial charge in [-0.05, 0) is 25.8 Å². The normalized spacial score (nSPS) is 27.3. The van der Waals surface area contributed by atoms with Gasteiger partial charge in [-0.3, -0.25) is 4.90 Å². The van der Waals surface area contributed by atoms with Gasteiger partial charge in [-0.15, -0.1) is 0 Å². The molecule has 2 N–H and O–H groups in total. The molecule has 3 nitrogen and oxygen atoms in total. The number of nitrogens with one attached hydrogen (secondary N) is 1. The first-order valence-corrected chi connectivity index (χ1v) is 9.44. The predicted octanol–water partition coefficient (Wildman–Crippen LogP) is 3.32. The minimum absolute atomic E-state index is 0.0746. The summed E-state index contributed by atoms with van der Waals surface area (Å²) in [6, 6.07) is 0. The minimum Gasteiger partial charge on any atom is -0.394 e. The molecule has 1 saturated carbocycles. The van der Waals surface area contributed by atoms with E-state index in [9.17, 15) is 5.11 Å². The third-order valence-electron chi connectivity index (χ3n) is 5.59. The third kappa shape index (κ3) is 5.54. The van der Waals surface area contributed by atoms with E-state index in [4.69, 9.17) is 0 Å². The lowest BCUT2D eigenvalue weighted by molar-refractivity contribution is 0.0152. The molecule has 1 aliphatic carbocycles. The van der Waals surface area contributed by atoms with Crippen LogP contribution >= 0.6 is 0 Å². The van der Waals surface area contributed by atoms with Crippen molar-refractivity contribution in [3.63, 3.8) is 0 Å². The summed E-state index contributed by atoms with van der Waals surface area (Å²) < 4.78 is 0. The molecule has 0 amide bonds. The van der Waals surface area contributed by atoms with Crippen LogP contribution in [0.3, 0.4) is 0 Å². The number of rotatable bonds is 2. The van der Waals surface area contributed by atoms with Crippen LogP contribution in [0.15, 0.2) is 0 Å². The van der Waals surface area contributed by atoms with Crippen molar-refractivity contribution in [3.8, 4) is 0 Å². The van der Waals surface area contributed by atoms with E-state index >= 15 is 0 Å². The summed E-state index contributed by atoms with van der Waals surface area (Å²) >= 11 is 0. The first kappa shape index (κ1) is 17.2. The Morgan fingerprint density at radius 1 is 0.714 bits per heavy atom. The number of hydrogen-bond acceptors (Lipinski definition) is 3. The zero-order chi connectivity index (χ0) is 14.8. The lowest BCUT2D eigenvalue weighted by atomic mass is 9.84. The van der Waals surface area contributed by atoms with Crippen LogP contribution in [0.4, 0.5) is 0 Å². The second-order valence-electron chi connectivity index (χ2n) is 7.16. The summed E-state index contributed by atoms with van der Waals surface area (Å²) in [6.45, 7) is 4.85. The van der Waals surface area contributed by atoms with Crippen LogP contribution in [0.2, 0.25) is 0 Å². The van der Waals surface area contributed by atoms with E-state index in [-0.39, 0.29) is 5.54 Å². The van der Waals surface area contributed by atoms with E-state index in [1.54, 1.807) is 0 Å². The van der Waals surface area contributed by atoms with Crippen LogP contribution in [0, 0.1) is 0 Å². The molecule has 0 aromatic rings. The number of hydrogen-bond donors (Lipinski definition) is 2. The SMILES string of the molecule is OCC1(N2CCCNCC2)CCCCCCCCCCC1. The second kappa shape index (κ2) is 9.81. The highest BCUT2D eigenvalue weighted by Crippen LogP contribution is 2.30.